The normalized spacial score (nSPS) is 12.9. The Morgan fingerprint density at radius 2 is 1.92 bits per heavy atom. The minimum absolute atomic E-state index is 0.103. The molecule has 0 fully saturated rings. The highest BCUT2D eigenvalue weighted by Gasteiger charge is 2.20. The van der Waals surface area contributed by atoms with Crippen molar-refractivity contribution >= 4 is 22.6 Å². The number of carbonyl (C=O) groups is 1. The molecule has 0 spiro atoms. The average molecular weight is 352 g/mol. The van der Waals surface area contributed by atoms with Gasteiger partial charge in [0.15, 0.2) is 6.54 Å². The fourth-order valence-electron chi connectivity index (χ4n) is 2.93. The lowest BCUT2D eigenvalue weighted by molar-refractivity contribution is -0.682. The fourth-order valence-corrected chi connectivity index (χ4v) is 2.93. The zero-order valence-electron chi connectivity index (χ0n) is 15.7. The van der Waals surface area contributed by atoms with E-state index < -0.39 is 0 Å². The Morgan fingerprint density at radius 3 is 2.65 bits per heavy atom. The number of benzene rings is 2. The lowest BCUT2D eigenvalue weighted by Gasteiger charge is -2.13. The number of carbonyl (C=O) groups excluding carboxylic acids is 1. The highest BCUT2D eigenvalue weighted by Crippen LogP contribution is 2.24. The van der Waals surface area contributed by atoms with E-state index in [-0.39, 0.29) is 17.4 Å². The summed E-state index contributed by atoms with van der Waals surface area (Å²) in [6.45, 7) is 8.58. The van der Waals surface area contributed by atoms with Gasteiger partial charge < -0.3 is 9.84 Å². The quantitative estimate of drug-likeness (QED) is 0.739. The van der Waals surface area contributed by atoms with E-state index in [4.69, 9.17) is 4.52 Å². The van der Waals surface area contributed by atoms with Crippen LogP contribution in [-0.4, -0.2) is 17.6 Å². The summed E-state index contributed by atoms with van der Waals surface area (Å²) in [5.74, 6) is 0.292. The number of hydrogen-bond acceptors (Lipinski definition) is 3. The van der Waals surface area contributed by atoms with E-state index in [1.807, 2.05) is 17.4 Å². The standard InChI is InChI=1S/C21H25N3O2/c1-14(16-11-7-9-15-8-5-6-10-17(15)16)22-13-19(25)23-20-12-18(24-26-20)21(2,3)4/h5-12,14,22H,13H2,1-4H3,(H,23,25)/p+1/t14-/m1/s1. The van der Waals surface area contributed by atoms with Crippen molar-refractivity contribution in [2.45, 2.75) is 39.2 Å². The summed E-state index contributed by atoms with van der Waals surface area (Å²) in [6.07, 6.45) is 0. The maximum absolute atomic E-state index is 12.2. The largest absolute Gasteiger partial charge is 0.338 e. The van der Waals surface area contributed by atoms with Crippen LogP contribution in [0.25, 0.3) is 10.8 Å². The molecule has 5 nitrogen and oxygen atoms in total. The van der Waals surface area contributed by atoms with Gasteiger partial charge in [0.1, 0.15) is 6.04 Å². The van der Waals surface area contributed by atoms with Gasteiger partial charge in [-0.15, -0.1) is 0 Å². The van der Waals surface area contributed by atoms with Gasteiger partial charge in [-0.05, 0) is 17.7 Å². The molecule has 26 heavy (non-hydrogen) atoms. The molecule has 1 heterocycles. The molecule has 1 aromatic heterocycles. The van der Waals surface area contributed by atoms with Crippen LogP contribution in [0, 0.1) is 0 Å². The van der Waals surface area contributed by atoms with Crippen LogP contribution in [0.4, 0.5) is 5.88 Å². The first-order valence-electron chi connectivity index (χ1n) is 8.92. The highest BCUT2D eigenvalue weighted by molar-refractivity contribution is 5.90. The lowest BCUT2D eigenvalue weighted by atomic mass is 9.92. The predicted molar refractivity (Wildman–Crippen MR) is 103 cm³/mol. The van der Waals surface area contributed by atoms with Crippen LogP contribution in [0.5, 0.6) is 0 Å². The SMILES string of the molecule is C[C@@H]([NH2+]CC(=O)Nc1cc(C(C)(C)C)no1)c1cccc2ccccc12. The number of aromatic nitrogens is 1. The van der Waals surface area contributed by atoms with E-state index in [0.29, 0.717) is 12.4 Å². The van der Waals surface area contributed by atoms with Crippen LogP contribution >= 0.6 is 0 Å². The van der Waals surface area contributed by atoms with Crippen LogP contribution in [0.15, 0.2) is 53.1 Å². The number of amides is 1. The molecule has 3 N–H and O–H groups in total. The molecule has 3 aromatic rings. The van der Waals surface area contributed by atoms with Crippen molar-refractivity contribution in [3.05, 3.63) is 59.8 Å². The number of rotatable bonds is 5. The van der Waals surface area contributed by atoms with E-state index in [1.54, 1.807) is 6.07 Å². The Kier molecular flexibility index (Phi) is 5.09. The molecular weight excluding hydrogens is 326 g/mol. The van der Waals surface area contributed by atoms with E-state index >= 15 is 0 Å². The van der Waals surface area contributed by atoms with Gasteiger partial charge in [-0.2, -0.15) is 0 Å². The van der Waals surface area contributed by atoms with Gasteiger partial charge in [-0.1, -0.05) is 68.4 Å². The van der Waals surface area contributed by atoms with Gasteiger partial charge in [0.25, 0.3) is 5.91 Å². The van der Waals surface area contributed by atoms with E-state index in [9.17, 15) is 4.79 Å². The summed E-state index contributed by atoms with van der Waals surface area (Å²) >= 11 is 0. The van der Waals surface area contributed by atoms with Crippen molar-refractivity contribution in [2.24, 2.45) is 0 Å². The molecule has 0 bridgehead atoms. The van der Waals surface area contributed by atoms with Gasteiger partial charge in [0.05, 0.1) is 5.69 Å². The first-order valence-corrected chi connectivity index (χ1v) is 8.92. The fraction of sp³-hybridized carbons (Fsp3) is 0.333. The van der Waals surface area contributed by atoms with Crippen molar-refractivity contribution in [1.82, 2.24) is 5.16 Å². The third-order valence-electron chi connectivity index (χ3n) is 4.51. The minimum atomic E-state index is -0.110. The summed E-state index contributed by atoms with van der Waals surface area (Å²) < 4.78 is 5.22. The van der Waals surface area contributed by atoms with Crippen molar-refractivity contribution in [2.75, 3.05) is 11.9 Å². The van der Waals surface area contributed by atoms with E-state index in [0.717, 1.165) is 5.69 Å². The molecule has 0 aliphatic rings. The Morgan fingerprint density at radius 1 is 1.19 bits per heavy atom. The molecule has 0 saturated heterocycles. The maximum atomic E-state index is 12.2. The van der Waals surface area contributed by atoms with Crippen LogP contribution in [0.1, 0.15) is 45.0 Å². The van der Waals surface area contributed by atoms with Gasteiger partial charge in [0, 0.05) is 17.0 Å². The molecule has 0 unspecified atom stereocenters. The average Bonchev–Trinajstić information content (AvgIpc) is 3.08. The molecule has 0 saturated carbocycles. The van der Waals surface area contributed by atoms with Gasteiger partial charge in [-0.25, -0.2) is 0 Å². The second-order valence-corrected chi connectivity index (χ2v) is 7.67. The summed E-state index contributed by atoms with van der Waals surface area (Å²) in [7, 11) is 0. The number of fused-ring (bicyclic) bond motifs is 1. The van der Waals surface area contributed by atoms with Crippen LogP contribution in [-0.2, 0) is 10.2 Å². The molecule has 0 aliphatic heterocycles. The third-order valence-corrected chi connectivity index (χ3v) is 4.51. The summed E-state index contributed by atoms with van der Waals surface area (Å²) in [4.78, 5) is 12.2. The monoisotopic (exact) mass is 352 g/mol. The Labute approximate surface area is 153 Å². The van der Waals surface area contributed by atoms with Crippen LogP contribution < -0.4 is 10.6 Å². The van der Waals surface area contributed by atoms with Crippen LogP contribution in [0.2, 0.25) is 0 Å². The molecule has 0 aliphatic carbocycles. The second kappa shape index (κ2) is 7.30. The maximum Gasteiger partial charge on any atom is 0.281 e. The molecule has 136 valence electrons. The first kappa shape index (κ1) is 18.1. The molecular formula is C21H26N3O2+. The van der Waals surface area contributed by atoms with Gasteiger partial charge in [-0.3, -0.25) is 10.1 Å². The number of anilines is 1. The van der Waals surface area contributed by atoms with Crippen LogP contribution in [0.3, 0.4) is 0 Å². The van der Waals surface area contributed by atoms with E-state index in [2.05, 4.69) is 68.5 Å². The molecule has 0 radical (unpaired) electrons. The number of nitrogens with one attached hydrogen (secondary N) is 1. The molecule has 1 atom stereocenters. The Bertz CT molecular complexity index is 904. The summed E-state index contributed by atoms with van der Waals surface area (Å²) in [6, 6.07) is 16.6. The van der Waals surface area contributed by atoms with Crippen molar-refractivity contribution in [1.29, 1.82) is 0 Å². The van der Waals surface area contributed by atoms with Gasteiger partial charge >= 0.3 is 0 Å². The van der Waals surface area contributed by atoms with Gasteiger partial charge in [0.2, 0.25) is 5.88 Å². The number of quaternary nitrogens is 1. The smallest absolute Gasteiger partial charge is 0.281 e. The summed E-state index contributed by atoms with van der Waals surface area (Å²) in [5, 5.41) is 11.3. The third kappa shape index (κ3) is 4.11. The highest BCUT2D eigenvalue weighted by atomic mass is 16.5. The molecule has 1 amide bonds. The Balaban J connectivity index is 1.61. The number of nitrogens with two attached hydrogens (primary N) is 1. The summed E-state index contributed by atoms with van der Waals surface area (Å²) in [5.41, 5.74) is 1.94. The van der Waals surface area contributed by atoms with Crippen molar-refractivity contribution < 1.29 is 14.6 Å². The van der Waals surface area contributed by atoms with E-state index in [1.165, 1.54) is 16.3 Å². The number of hydrogen-bond donors (Lipinski definition) is 2. The Hall–Kier alpha value is -2.66. The predicted octanol–water partition coefficient (Wildman–Crippen LogP) is 3.39. The number of nitrogens with zero attached hydrogens (tertiary/aromatic N) is 1. The zero-order valence-corrected chi connectivity index (χ0v) is 15.7. The van der Waals surface area contributed by atoms with Crippen molar-refractivity contribution in [3.63, 3.8) is 0 Å². The van der Waals surface area contributed by atoms with Crippen molar-refractivity contribution in [3.8, 4) is 0 Å². The molecule has 3 rings (SSSR count). The topological polar surface area (TPSA) is 71.7 Å². The lowest BCUT2D eigenvalue weighted by Crippen LogP contribution is -2.86. The first-order chi connectivity index (χ1) is 12.3. The molecule has 2 aromatic carbocycles. The molecule has 5 heteroatoms. The second-order valence-electron chi connectivity index (χ2n) is 7.67. The minimum Gasteiger partial charge on any atom is -0.338 e. The zero-order chi connectivity index (χ0) is 18.7.